The first-order valence-corrected chi connectivity index (χ1v) is 9.42. The molecule has 0 bridgehead atoms. The van der Waals surface area contributed by atoms with Crippen molar-refractivity contribution in [2.24, 2.45) is 5.92 Å². The monoisotopic (exact) mass is 368 g/mol. The van der Waals surface area contributed by atoms with Crippen molar-refractivity contribution >= 4 is 17.5 Å². The predicted molar refractivity (Wildman–Crippen MR) is 106 cm³/mol. The zero-order valence-corrected chi connectivity index (χ0v) is 16.5. The van der Waals surface area contributed by atoms with Gasteiger partial charge >= 0.3 is 0 Å². The summed E-state index contributed by atoms with van der Waals surface area (Å²) in [5, 5.41) is 4.28. The lowest BCUT2D eigenvalue weighted by Gasteiger charge is -2.31. The molecule has 6 nitrogen and oxygen atoms in total. The van der Waals surface area contributed by atoms with Crippen LogP contribution in [0.25, 0.3) is 0 Å². The number of ketones is 1. The Morgan fingerprint density at radius 2 is 1.70 bits per heavy atom. The normalized spacial score (nSPS) is 15.8. The number of nitrogens with zero attached hydrogens (tertiary/aromatic N) is 3. The third kappa shape index (κ3) is 3.89. The number of amides is 1. The molecule has 0 radical (unpaired) electrons. The number of carbonyl (C=O) groups is 2. The molecule has 1 fully saturated rings. The second-order valence-electron chi connectivity index (χ2n) is 8.32. The average molecular weight is 368 g/mol. The maximum atomic E-state index is 12.9. The van der Waals surface area contributed by atoms with Crippen LogP contribution in [0.15, 0.2) is 30.5 Å². The van der Waals surface area contributed by atoms with Gasteiger partial charge in [0.1, 0.15) is 11.4 Å². The van der Waals surface area contributed by atoms with Gasteiger partial charge in [-0.3, -0.25) is 9.59 Å². The maximum absolute atomic E-state index is 12.9. The Morgan fingerprint density at radius 1 is 1.11 bits per heavy atom. The molecule has 2 heterocycles. The van der Waals surface area contributed by atoms with E-state index in [1.807, 2.05) is 52.0 Å². The molecule has 0 atom stereocenters. The van der Waals surface area contributed by atoms with Crippen LogP contribution in [0.2, 0.25) is 0 Å². The van der Waals surface area contributed by atoms with Gasteiger partial charge in [0.15, 0.2) is 5.78 Å². The molecule has 2 aromatic rings. The Labute approximate surface area is 160 Å². The Balaban J connectivity index is 1.65. The van der Waals surface area contributed by atoms with Gasteiger partial charge in [-0.1, -0.05) is 29.8 Å². The Morgan fingerprint density at radius 3 is 2.22 bits per heavy atom. The van der Waals surface area contributed by atoms with E-state index in [4.69, 9.17) is 5.73 Å². The van der Waals surface area contributed by atoms with Crippen LogP contribution >= 0.6 is 0 Å². The average Bonchev–Trinajstić information content (AvgIpc) is 3.03. The number of benzene rings is 1. The van der Waals surface area contributed by atoms with E-state index in [-0.39, 0.29) is 23.1 Å². The minimum atomic E-state index is -0.282. The highest BCUT2D eigenvalue weighted by atomic mass is 16.2. The van der Waals surface area contributed by atoms with Gasteiger partial charge in [0.25, 0.3) is 5.91 Å². The van der Waals surface area contributed by atoms with E-state index in [2.05, 4.69) is 5.10 Å². The lowest BCUT2D eigenvalue weighted by molar-refractivity contribution is 0.0651. The minimum absolute atomic E-state index is 0.0357. The summed E-state index contributed by atoms with van der Waals surface area (Å²) < 4.78 is 1.67. The Bertz CT molecular complexity index is 838. The number of carbonyl (C=O) groups excluding carboxylic acids is 2. The van der Waals surface area contributed by atoms with Gasteiger partial charge in [-0.2, -0.15) is 5.10 Å². The van der Waals surface area contributed by atoms with Crippen LogP contribution in [0.3, 0.4) is 0 Å². The second kappa shape index (κ2) is 7.18. The number of Topliss-reactive ketones (excluding diaryl/α,β-unsaturated/α-hetero) is 1. The van der Waals surface area contributed by atoms with E-state index >= 15 is 0 Å². The highest BCUT2D eigenvalue weighted by Gasteiger charge is 2.31. The Kier molecular flexibility index (Phi) is 5.09. The molecule has 0 spiro atoms. The summed E-state index contributed by atoms with van der Waals surface area (Å²) in [5.74, 6) is 0.420. The number of aryl methyl sites for hydroxylation is 1. The number of nitrogen functional groups attached to an aromatic ring is 1. The molecule has 1 amide bonds. The molecule has 27 heavy (non-hydrogen) atoms. The van der Waals surface area contributed by atoms with Crippen LogP contribution in [-0.2, 0) is 5.54 Å². The van der Waals surface area contributed by atoms with E-state index in [1.54, 1.807) is 15.8 Å². The van der Waals surface area contributed by atoms with Gasteiger partial charge in [0.05, 0.1) is 11.7 Å². The van der Waals surface area contributed by atoms with E-state index in [9.17, 15) is 9.59 Å². The van der Waals surface area contributed by atoms with E-state index in [1.165, 1.54) is 0 Å². The molecule has 6 heteroatoms. The molecule has 0 saturated carbocycles. The molecule has 1 aromatic heterocycles. The summed E-state index contributed by atoms with van der Waals surface area (Å²) in [6.07, 6.45) is 2.89. The molecule has 3 rings (SSSR count). The molecule has 1 aromatic carbocycles. The zero-order valence-electron chi connectivity index (χ0n) is 16.5. The zero-order chi connectivity index (χ0) is 19.8. The number of hydrogen-bond acceptors (Lipinski definition) is 4. The standard InChI is InChI=1S/C21H28N4O2/c1-14-5-7-15(8-6-14)18(26)16-9-11-24(12-10-16)20(27)17-13-23-25(19(17)22)21(2,3)4/h5-8,13,16H,9-12,22H2,1-4H3. The third-order valence-corrected chi connectivity index (χ3v) is 5.16. The number of nitrogens with two attached hydrogens (primary N) is 1. The van der Waals surface area contributed by atoms with Gasteiger partial charge in [0, 0.05) is 24.6 Å². The second-order valence-corrected chi connectivity index (χ2v) is 8.32. The van der Waals surface area contributed by atoms with Crippen LogP contribution in [0.4, 0.5) is 5.82 Å². The van der Waals surface area contributed by atoms with Crippen LogP contribution in [0.1, 0.15) is 59.9 Å². The lowest BCUT2D eigenvalue weighted by Crippen LogP contribution is -2.40. The minimum Gasteiger partial charge on any atom is -0.383 e. The van der Waals surface area contributed by atoms with E-state index in [0.29, 0.717) is 37.3 Å². The summed E-state index contributed by atoms with van der Waals surface area (Å²) >= 11 is 0. The van der Waals surface area contributed by atoms with E-state index < -0.39 is 0 Å². The fourth-order valence-electron chi connectivity index (χ4n) is 3.53. The highest BCUT2D eigenvalue weighted by molar-refractivity contribution is 5.99. The number of hydrogen-bond donors (Lipinski definition) is 1. The van der Waals surface area contributed by atoms with Crippen LogP contribution < -0.4 is 5.73 Å². The van der Waals surface area contributed by atoms with Crippen LogP contribution in [0, 0.1) is 12.8 Å². The SMILES string of the molecule is Cc1ccc(C(=O)C2CCN(C(=O)c3cnn(C(C)(C)C)c3N)CC2)cc1. The van der Waals surface area contributed by atoms with Crippen molar-refractivity contribution in [3.63, 3.8) is 0 Å². The fourth-order valence-corrected chi connectivity index (χ4v) is 3.53. The van der Waals surface area contributed by atoms with Crippen molar-refractivity contribution in [2.75, 3.05) is 18.8 Å². The van der Waals surface area contributed by atoms with Crippen molar-refractivity contribution in [3.05, 3.63) is 47.2 Å². The largest absolute Gasteiger partial charge is 0.383 e. The molecule has 0 aliphatic carbocycles. The number of rotatable bonds is 3. The van der Waals surface area contributed by atoms with Crippen molar-refractivity contribution in [1.29, 1.82) is 0 Å². The number of aromatic nitrogens is 2. The number of piperidine rings is 1. The van der Waals surface area contributed by atoms with Crippen molar-refractivity contribution in [2.45, 2.75) is 46.1 Å². The van der Waals surface area contributed by atoms with Crippen molar-refractivity contribution in [1.82, 2.24) is 14.7 Å². The maximum Gasteiger partial charge on any atom is 0.259 e. The molecule has 2 N–H and O–H groups in total. The summed E-state index contributed by atoms with van der Waals surface area (Å²) in [7, 11) is 0. The van der Waals surface area contributed by atoms with Gasteiger partial charge < -0.3 is 10.6 Å². The molecule has 1 aliphatic rings. The van der Waals surface area contributed by atoms with Gasteiger partial charge in [-0.25, -0.2) is 4.68 Å². The number of likely N-dealkylation sites (tertiary alicyclic amines) is 1. The molecular formula is C21H28N4O2. The van der Waals surface area contributed by atoms with Crippen LogP contribution in [0.5, 0.6) is 0 Å². The summed E-state index contributed by atoms with van der Waals surface area (Å²) in [5.41, 5.74) is 8.21. The van der Waals surface area contributed by atoms with Crippen LogP contribution in [-0.4, -0.2) is 39.5 Å². The first kappa shape index (κ1) is 19.1. The fraction of sp³-hybridized carbons (Fsp3) is 0.476. The smallest absolute Gasteiger partial charge is 0.259 e. The first-order chi connectivity index (χ1) is 12.7. The summed E-state index contributed by atoms with van der Waals surface area (Å²) in [6.45, 7) is 9.10. The van der Waals surface area contributed by atoms with Crippen molar-refractivity contribution < 1.29 is 9.59 Å². The first-order valence-electron chi connectivity index (χ1n) is 9.42. The summed E-state index contributed by atoms with van der Waals surface area (Å²) in [6, 6.07) is 7.69. The van der Waals surface area contributed by atoms with E-state index in [0.717, 1.165) is 11.1 Å². The summed E-state index contributed by atoms with van der Waals surface area (Å²) in [4.78, 5) is 27.3. The third-order valence-electron chi connectivity index (χ3n) is 5.16. The highest BCUT2D eigenvalue weighted by Crippen LogP contribution is 2.26. The molecular weight excluding hydrogens is 340 g/mol. The molecule has 1 aliphatic heterocycles. The molecule has 144 valence electrons. The lowest BCUT2D eigenvalue weighted by atomic mass is 9.88. The number of anilines is 1. The molecule has 1 saturated heterocycles. The topological polar surface area (TPSA) is 81.2 Å². The van der Waals surface area contributed by atoms with Gasteiger partial charge in [0.2, 0.25) is 0 Å². The predicted octanol–water partition coefficient (Wildman–Crippen LogP) is 3.26. The van der Waals surface area contributed by atoms with Gasteiger partial charge in [-0.15, -0.1) is 0 Å². The Hall–Kier alpha value is -2.63. The quantitative estimate of drug-likeness (QED) is 0.843. The molecule has 0 unspecified atom stereocenters. The van der Waals surface area contributed by atoms with Crippen molar-refractivity contribution in [3.8, 4) is 0 Å². The van der Waals surface area contributed by atoms with Gasteiger partial charge in [-0.05, 0) is 40.5 Å².